The smallest absolute Gasteiger partial charge is 0.191 e. The van der Waals surface area contributed by atoms with Gasteiger partial charge in [-0.1, -0.05) is 25.7 Å². The fourth-order valence-electron chi connectivity index (χ4n) is 5.09. The fourth-order valence-corrected chi connectivity index (χ4v) is 5.88. The van der Waals surface area contributed by atoms with Crippen LogP contribution in [-0.2, 0) is 4.74 Å². The minimum absolute atomic E-state index is 0.283. The zero-order valence-electron chi connectivity index (χ0n) is 17.5. The van der Waals surface area contributed by atoms with Gasteiger partial charge in [0.25, 0.3) is 0 Å². The molecule has 1 aliphatic carbocycles. The van der Waals surface area contributed by atoms with E-state index >= 15 is 0 Å². The maximum atomic E-state index is 5.57. The molecular formula is C21H40N4OS. The van der Waals surface area contributed by atoms with Crippen LogP contribution < -0.4 is 10.6 Å². The number of guanidine groups is 1. The van der Waals surface area contributed by atoms with E-state index in [9.17, 15) is 0 Å². The van der Waals surface area contributed by atoms with Gasteiger partial charge in [0.15, 0.2) is 5.96 Å². The lowest BCUT2D eigenvalue weighted by atomic mass is 9.79. The van der Waals surface area contributed by atoms with Crippen molar-refractivity contribution in [2.75, 3.05) is 52.7 Å². The van der Waals surface area contributed by atoms with E-state index in [1.807, 2.05) is 18.8 Å². The Kier molecular flexibility index (Phi) is 8.15. The summed E-state index contributed by atoms with van der Waals surface area (Å²) in [7, 11) is 1.90. The van der Waals surface area contributed by atoms with Crippen LogP contribution in [0, 0.1) is 0 Å². The molecule has 6 heteroatoms. The highest BCUT2D eigenvalue weighted by atomic mass is 32.2. The van der Waals surface area contributed by atoms with Gasteiger partial charge >= 0.3 is 0 Å². The van der Waals surface area contributed by atoms with Gasteiger partial charge in [0.1, 0.15) is 0 Å². The third-order valence-corrected chi connectivity index (χ3v) is 8.45. The molecule has 0 atom stereocenters. The topological polar surface area (TPSA) is 48.9 Å². The maximum absolute atomic E-state index is 5.57. The molecule has 0 aromatic heterocycles. The van der Waals surface area contributed by atoms with E-state index in [0.29, 0.717) is 5.54 Å². The van der Waals surface area contributed by atoms with E-state index in [4.69, 9.17) is 4.74 Å². The van der Waals surface area contributed by atoms with Crippen LogP contribution in [-0.4, -0.2) is 73.8 Å². The molecule has 2 heterocycles. The Hall–Kier alpha value is -0.460. The van der Waals surface area contributed by atoms with Crippen LogP contribution in [0.5, 0.6) is 0 Å². The van der Waals surface area contributed by atoms with Crippen LogP contribution in [0.2, 0.25) is 0 Å². The number of thioether (sulfide) groups is 1. The zero-order chi connectivity index (χ0) is 19.0. The number of hydrogen-bond donors (Lipinski definition) is 2. The first-order chi connectivity index (χ1) is 13.2. The molecule has 27 heavy (non-hydrogen) atoms. The monoisotopic (exact) mass is 396 g/mol. The van der Waals surface area contributed by atoms with Crippen LogP contribution in [0.4, 0.5) is 0 Å². The second kappa shape index (κ2) is 10.4. The van der Waals surface area contributed by atoms with E-state index in [1.54, 1.807) is 0 Å². The average molecular weight is 397 g/mol. The molecule has 2 saturated heterocycles. The van der Waals surface area contributed by atoms with Gasteiger partial charge in [-0.3, -0.25) is 9.89 Å². The van der Waals surface area contributed by atoms with Crippen molar-refractivity contribution in [2.24, 2.45) is 4.99 Å². The number of aliphatic imine (C=N–C) groups is 1. The van der Waals surface area contributed by atoms with E-state index in [-0.39, 0.29) is 4.75 Å². The summed E-state index contributed by atoms with van der Waals surface area (Å²) in [6.45, 7) is 6.32. The van der Waals surface area contributed by atoms with Gasteiger partial charge in [-0.2, -0.15) is 11.8 Å². The summed E-state index contributed by atoms with van der Waals surface area (Å²) in [5.41, 5.74) is 0.339. The van der Waals surface area contributed by atoms with E-state index in [0.717, 1.165) is 45.1 Å². The second-order valence-electron chi connectivity index (χ2n) is 8.61. The number of hydrogen-bond acceptors (Lipinski definition) is 4. The minimum Gasteiger partial charge on any atom is -0.381 e. The molecule has 0 aromatic rings. The lowest BCUT2D eigenvalue weighted by molar-refractivity contribution is 0.0368. The first-order valence-electron chi connectivity index (χ1n) is 11.0. The Morgan fingerprint density at radius 1 is 0.926 bits per heavy atom. The van der Waals surface area contributed by atoms with Crippen molar-refractivity contribution in [3.63, 3.8) is 0 Å². The summed E-state index contributed by atoms with van der Waals surface area (Å²) in [5, 5.41) is 7.35. The third kappa shape index (κ3) is 5.54. The van der Waals surface area contributed by atoms with E-state index in [1.165, 1.54) is 64.5 Å². The Morgan fingerprint density at radius 2 is 1.56 bits per heavy atom. The lowest BCUT2D eigenvalue weighted by Gasteiger charge is -2.48. The Labute approximate surface area is 170 Å². The molecule has 2 aliphatic heterocycles. The van der Waals surface area contributed by atoms with Crippen LogP contribution >= 0.6 is 11.8 Å². The summed E-state index contributed by atoms with van der Waals surface area (Å²) < 4.78 is 5.86. The molecule has 3 fully saturated rings. The average Bonchev–Trinajstić information content (AvgIpc) is 2.76. The van der Waals surface area contributed by atoms with Gasteiger partial charge in [0.05, 0.1) is 0 Å². The van der Waals surface area contributed by atoms with E-state index in [2.05, 4.69) is 26.8 Å². The Balaban J connectivity index is 1.56. The molecule has 2 N–H and O–H groups in total. The molecule has 0 spiro atoms. The van der Waals surface area contributed by atoms with Crippen LogP contribution in [0.25, 0.3) is 0 Å². The summed E-state index contributed by atoms with van der Waals surface area (Å²) >= 11 is 1.98. The van der Waals surface area contributed by atoms with Crippen molar-refractivity contribution in [2.45, 2.75) is 74.5 Å². The predicted molar refractivity (Wildman–Crippen MR) is 117 cm³/mol. The van der Waals surface area contributed by atoms with Crippen LogP contribution in [0.15, 0.2) is 4.99 Å². The predicted octanol–water partition coefficient (Wildman–Crippen LogP) is 3.25. The maximum Gasteiger partial charge on any atom is 0.191 e. The lowest BCUT2D eigenvalue weighted by Crippen LogP contribution is -2.59. The molecule has 0 bridgehead atoms. The standard InChI is InChI=1S/C21H40N4OS/c1-22-19(24-18-21(27-2)11-15-26-16-12-21)23-17-20(9-5-3-6-10-20)25-13-7-4-8-14-25/h3-18H2,1-2H3,(H2,22,23,24). The van der Waals surface area contributed by atoms with Crippen molar-refractivity contribution in [3.8, 4) is 0 Å². The van der Waals surface area contributed by atoms with Crippen LogP contribution in [0.1, 0.15) is 64.2 Å². The van der Waals surface area contributed by atoms with Gasteiger partial charge < -0.3 is 15.4 Å². The molecular weight excluding hydrogens is 356 g/mol. The summed E-state index contributed by atoms with van der Waals surface area (Å²) in [5.74, 6) is 0.969. The van der Waals surface area contributed by atoms with Crippen molar-refractivity contribution >= 4 is 17.7 Å². The first-order valence-corrected chi connectivity index (χ1v) is 12.3. The third-order valence-electron chi connectivity index (χ3n) is 7.03. The van der Waals surface area contributed by atoms with Gasteiger partial charge in [-0.25, -0.2) is 0 Å². The van der Waals surface area contributed by atoms with Crippen LogP contribution in [0.3, 0.4) is 0 Å². The number of piperidine rings is 1. The van der Waals surface area contributed by atoms with Crippen molar-refractivity contribution in [3.05, 3.63) is 0 Å². The van der Waals surface area contributed by atoms with Gasteiger partial charge in [0.2, 0.25) is 0 Å². The molecule has 0 amide bonds. The first kappa shape index (κ1) is 21.3. The minimum atomic E-state index is 0.283. The van der Waals surface area contributed by atoms with Crippen molar-refractivity contribution in [1.29, 1.82) is 0 Å². The molecule has 1 saturated carbocycles. The Bertz CT molecular complexity index is 467. The highest BCUT2D eigenvalue weighted by Gasteiger charge is 2.38. The molecule has 0 unspecified atom stereocenters. The van der Waals surface area contributed by atoms with Crippen molar-refractivity contribution < 1.29 is 4.74 Å². The second-order valence-corrected chi connectivity index (χ2v) is 9.89. The SMILES string of the molecule is CN=C(NCC1(SC)CCOCC1)NCC1(N2CCCCC2)CCCCC1. The van der Waals surface area contributed by atoms with Gasteiger partial charge in [-0.15, -0.1) is 0 Å². The Morgan fingerprint density at radius 3 is 2.19 bits per heavy atom. The number of nitrogens with one attached hydrogen (secondary N) is 2. The molecule has 3 rings (SSSR count). The van der Waals surface area contributed by atoms with E-state index < -0.39 is 0 Å². The molecule has 5 nitrogen and oxygen atoms in total. The summed E-state index contributed by atoms with van der Waals surface area (Å²) in [6, 6.07) is 0. The highest BCUT2D eigenvalue weighted by Crippen LogP contribution is 2.35. The number of nitrogens with zero attached hydrogens (tertiary/aromatic N) is 2. The normalized spacial score (nSPS) is 26.5. The molecule has 0 aromatic carbocycles. The van der Waals surface area contributed by atoms with Crippen molar-refractivity contribution in [1.82, 2.24) is 15.5 Å². The molecule has 156 valence electrons. The number of likely N-dealkylation sites (tertiary alicyclic amines) is 1. The number of ether oxygens (including phenoxy) is 1. The summed E-state index contributed by atoms with van der Waals surface area (Å²) in [4.78, 5) is 7.34. The van der Waals surface area contributed by atoms with Gasteiger partial charge in [0, 0.05) is 43.6 Å². The highest BCUT2D eigenvalue weighted by molar-refractivity contribution is 8.00. The van der Waals surface area contributed by atoms with Gasteiger partial charge in [-0.05, 0) is 57.9 Å². The molecule has 3 aliphatic rings. The molecule has 0 radical (unpaired) electrons. The fraction of sp³-hybridized carbons (Fsp3) is 0.952. The summed E-state index contributed by atoms with van der Waals surface area (Å²) in [6.07, 6.45) is 15.4. The zero-order valence-corrected chi connectivity index (χ0v) is 18.3. The number of rotatable bonds is 6. The quantitative estimate of drug-likeness (QED) is 0.533. The largest absolute Gasteiger partial charge is 0.381 e.